The minimum atomic E-state index is -0.478. The second kappa shape index (κ2) is 4.71. The standard InChI is InChI=1S/C12H8BrF2NO/c13-9-5-12(11(16)6-10(9)15)17-8-3-1-2-7(14)4-8/h1-6H,16H2. The van der Waals surface area contributed by atoms with E-state index in [1.54, 1.807) is 6.07 Å². The van der Waals surface area contributed by atoms with Gasteiger partial charge in [-0.2, -0.15) is 0 Å². The van der Waals surface area contributed by atoms with Crippen molar-refractivity contribution in [2.45, 2.75) is 0 Å². The van der Waals surface area contributed by atoms with Crippen LogP contribution in [0.3, 0.4) is 0 Å². The van der Waals surface area contributed by atoms with Gasteiger partial charge in [0.2, 0.25) is 0 Å². The zero-order valence-corrected chi connectivity index (χ0v) is 10.2. The second-order valence-corrected chi connectivity index (χ2v) is 4.22. The molecule has 0 heterocycles. The van der Waals surface area contributed by atoms with Crippen molar-refractivity contribution in [1.82, 2.24) is 0 Å². The molecule has 88 valence electrons. The summed E-state index contributed by atoms with van der Waals surface area (Å²) in [5.74, 6) is -0.324. The fourth-order valence-electron chi connectivity index (χ4n) is 1.29. The maximum atomic E-state index is 13.1. The third-order valence-corrected chi connectivity index (χ3v) is 2.68. The van der Waals surface area contributed by atoms with Crippen LogP contribution in [0, 0.1) is 11.6 Å². The van der Waals surface area contributed by atoms with Gasteiger partial charge in [0.1, 0.15) is 17.4 Å². The van der Waals surface area contributed by atoms with Crippen LogP contribution in [0.15, 0.2) is 40.9 Å². The van der Waals surface area contributed by atoms with Crippen LogP contribution in [0.4, 0.5) is 14.5 Å². The Morgan fingerprint density at radius 2 is 1.88 bits per heavy atom. The zero-order valence-electron chi connectivity index (χ0n) is 8.58. The first-order valence-corrected chi connectivity index (χ1v) is 5.53. The Kier molecular flexibility index (Phi) is 3.28. The van der Waals surface area contributed by atoms with Crippen LogP contribution in [0.5, 0.6) is 11.5 Å². The number of hydrogen-bond donors (Lipinski definition) is 1. The summed E-state index contributed by atoms with van der Waals surface area (Å²) >= 11 is 3.02. The summed E-state index contributed by atoms with van der Waals surface area (Å²) in [5.41, 5.74) is 5.74. The normalized spacial score (nSPS) is 10.3. The largest absolute Gasteiger partial charge is 0.455 e. The molecular weight excluding hydrogens is 292 g/mol. The minimum Gasteiger partial charge on any atom is -0.455 e. The minimum absolute atomic E-state index is 0.148. The van der Waals surface area contributed by atoms with E-state index in [1.807, 2.05) is 0 Å². The molecule has 0 aliphatic rings. The SMILES string of the molecule is Nc1cc(F)c(Br)cc1Oc1cccc(F)c1. The van der Waals surface area contributed by atoms with Gasteiger partial charge >= 0.3 is 0 Å². The number of nitrogens with two attached hydrogens (primary N) is 1. The van der Waals surface area contributed by atoms with Crippen molar-refractivity contribution in [3.63, 3.8) is 0 Å². The molecule has 2 rings (SSSR count). The van der Waals surface area contributed by atoms with E-state index in [-0.39, 0.29) is 15.9 Å². The fourth-order valence-corrected chi connectivity index (χ4v) is 1.61. The number of anilines is 1. The van der Waals surface area contributed by atoms with Crippen LogP contribution >= 0.6 is 15.9 Å². The summed E-state index contributed by atoms with van der Waals surface area (Å²) < 4.78 is 31.7. The van der Waals surface area contributed by atoms with E-state index in [2.05, 4.69) is 15.9 Å². The number of ether oxygens (including phenoxy) is 1. The van der Waals surface area contributed by atoms with E-state index < -0.39 is 11.6 Å². The highest BCUT2D eigenvalue weighted by Gasteiger charge is 2.08. The Labute approximate surface area is 105 Å². The molecule has 0 unspecified atom stereocenters. The highest BCUT2D eigenvalue weighted by molar-refractivity contribution is 9.10. The summed E-state index contributed by atoms with van der Waals surface area (Å²) in [4.78, 5) is 0. The Morgan fingerprint density at radius 3 is 2.59 bits per heavy atom. The molecule has 17 heavy (non-hydrogen) atoms. The van der Waals surface area contributed by atoms with Crippen molar-refractivity contribution in [2.75, 3.05) is 5.73 Å². The van der Waals surface area contributed by atoms with Crippen molar-refractivity contribution in [1.29, 1.82) is 0 Å². The summed E-state index contributed by atoms with van der Waals surface area (Å²) in [6.45, 7) is 0. The van der Waals surface area contributed by atoms with E-state index in [0.717, 1.165) is 6.07 Å². The maximum absolute atomic E-state index is 13.1. The number of nitrogen functional groups attached to an aromatic ring is 1. The molecule has 0 saturated heterocycles. The monoisotopic (exact) mass is 299 g/mol. The lowest BCUT2D eigenvalue weighted by atomic mass is 10.3. The molecule has 0 amide bonds. The van der Waals surface area contributed by atoms with Gasteiger partial charge in [-0.25, -0.2) is 8.78 Å². The second-order valence-electron chi connectivity index (χ2n) is 3.36. The van der Waals surface area contributed by atoms with Crippen molar-refractivity contribution in [2.24, 2.45) is 0 Å². The van der Waals surface area contributed by atoms with Gasteiger partial charge in [0, 0.05) is 18.2 Å². The quantitative estimate of drug-likeness (QED) is 0.847. The zero-order chi connectivity index (χ0) is 12.4. The van der Waals surface area contributed by atoms with Gasteiger partial charge in [-0.15, -0.1) is 0 Å². The first kappa shape index (κ1) is 11.9. The van der Waals surface area contributed by atoms with Crippen molar-refractivity contribution in [3.05, 3.63) is 52.5 Å². The molecule has 5 heteroatoms. The Hall–Kier alpha value is -1.62. The Morgan fingerprint density at radius 1 is 1.12 bits per heavy atom. The predicted molar refractivity (Wildman–Crippen MR) is 65.0 cm³/mol. The molecule has 0 aromatic heterocycles. The third kappa shape index (κ3) is 2.74. The number of rotatable bonds is 2. The van der Waals surface area contributed by atoms with Crippen molar-refractivity contribution in [3.8, 4) is 11.5 Å². The van der Waals surface area contributed by atoms with Gasteiger partial charge in [0.25, 0.3) is 0 Å². The topological polar surface area (TPSA) is 35.2 Å². The molecule has 2 nitrogen and oxygen atoms in total. The molecule has 0 atom stereocenters. The van der Waals surface area contributed by atoms with Crippen LogP contribution in [0.1, 0.15) is 0 Å². The van der Waals surface area contributed by atoms with E-state index >= 15 is 0 Å². The van der Waals surface area contributed by atoms with Crippen LogP contribution in [0.2, 0.25) is 0 Å². The molecule has 2 aromatic rings. The lowest BCUT2D eigenvalue weighted by Crippen LogP contribution is -1.94. The molecule has 2 N–H and O–H groups in total. The van der Waals surface area contributed by atoms with Crippen LogP contribution in [-0.4, -0.2) is 0 Å². The molecular formula is C12H8BrF2NO. The summed E-state index contributed by atoms with van der Waals surface area (Å²) in [5, 5.41) is 0. The molecule has 0 spiro atoms. The predicted octanol–water partition coefficient (Wildman–Crippen LogP) is 4.10. The lowest BCUT2D eigenvalue weighted by molar-refractivity contribution is 0.476. The maximum Gasteiger partial charge on any atom is 0.151 e. The highest BCUT2D eigenvalue weighted by atomic mass is 79.9. The molecule has 0 fully saturated rings. The first-order chi connectivity index (χ1) is 8.06. The fraction of sp³-hybridized carbons (Fsp3) is 0. The van der Waals surface area contributed by atoms with Gasteiger partial charge in [-0.05, 0) is 28.1 Å². The lowest BCUT2D eigenvalue weighted by Gasteiger charge is -2.09. The van der Waals surface area contributed by atoms with E-state index in [9.17, 15) is 8.78 Å². The van der Waals surface area contributed by atoms with Crippen LogP contribution in [0.25, 0.3) is 0 Å². The average molecular weight is 300 g/mol. The van der Waals surface area contributed by atoms with Crippen molar-refractivity contribution < 1.29 is 13.5 Å². The Bertz CT molecular complexity index is 560. The smallest absolute Gasteiger partial charge is 0.151 e. The third-order valence-electron chi connectivity index (χ3n) is 2.08. The molecule has 2 aromatic carbocycles. The number of halogens is 3. The number of benzene rings is 2. The molecule has 0 aliphatic carbocycles. The first-order valence-electron chi connectivity index (χ1n) is 4.74. The summed E-state index contributed by atoms with van der Waals surface area (Å²) in [7, 11) is 0. The van der Waals surface area contributed by atoms with E-state index in [4.69, 9.17) is 10.5 Å². The van der Waals surface area contributed by atoms with Crippen molar-refractivity contribution >= 4 is 21.6 Å². The van der Waals surface area contributed by atoms with E-state index in [1.165, 1.54) is 24.3 Å². The average Bonchev–Trinajstić information content (AvgIpc) is 2.26. The summed E-state index contributed by atoms with van der Waals surface area (Å²) in [6, 6.07) is 8.15. The highest BCUT2D eigenvalue weighted by Crippen LogP contribution is 2.32. The molecule has 0 radical (unpaired) electrons. The van der Waals surface area contributed by atoms with Gasteiger partial charge < -0.3 is 10.5 Å². The van der Waals surface area contributed by atoms with Crippen LogP contribution in [-0.2, 0) is 0 Å². The van der Waals surface area contributed by atoms with Gasteiger partial charge in [-0.1, -0.05) is 6.07 Å². The summed E-state index contributed by atoms with van der Waals surface area (Å²) in [6.07, 6.45) is 0. The molecule has 0 aliphatic heterocycles. The van der Waals surface area contributed by atoms with Gasteiger partial charge in [0.15, 0.2) is 5.75 Å². The molecule has 0 saturated carbocycles. The molecule has 0 bridgehead atoms. The van der Waals surface area contributed by atoms with Gasteiger partial charge in [0.05, 0.1) is 10.2 Å². The van der Waals surface area contributed by atoms with Gasteiger partial charge in [-0.3, -0.25) is 0 Å². The van der Waals surface area contributed by atoms with Crippen LogP contribution < -0.4 is 10.5 Å². The number of hydrogen-bond acceptors (Lipinski definition) is 2. The Balaban J connectivity index is 2.33. The van der Waals surface area contributed by atoms with E-state index in [0.29, 0.717) is 5.75 Å².